The molecule has 0 bridgehead atoms. The van der Waals surface area contributed by atoms with Crippen LogP contribution in [0.4, 0.5) is 5.69 Å². The zero-order chi connectivity index (χ0) is 20.4. The highest BCUT2D eigenvalue weighted by atomic mass is 32.2. The first-order chi connectivity index (χ1) is 13.9. The lowest BCUT2D eigenvalue weighted by Crippen LogP contribution is -2.25. The molecule has 1 fully saturated rings. The molecule has 8 heteroatoms. The van der Waals surface area contributed by atoms with Crippen LogP contribution in [0, 0.1) is 6.92 Å². The molecular weight excluding hydrogens is 406 g/mol. The molecule has 2 aliphatic heterocycles. The largest absolute Gasteiger partial charge is 0.352 e. The highest BCUT2D eigenvalue weighted by molar-refractivity contribution is 8.15. The molecule has 1 saturated heterocycles. The highest BCUT2D eigenvalue weighted by Gasteiger charge is 2.42. The summed E-state index contributed by atoms with van der Waals surface area (Å²) in [7, 11) is -2.97. The molecule has 0 spiro atoms. The fourth-order valence-corrected chi connectivity index (χ4v) is 7.16. The summed E-state index contributed by atoms with van der Waals surface area (Å²) in [5.74, 6) is 0.186. The van der Waals surface area contributed by atoms with Crippen molar-refractivity contribution in [1.82, 2.24) is 5.32 Å². The molecule has 6 nitrogen and oxygen atoms in total. The Morgan fingerprint density at radius 2 is 1.97 bits per heavy atom. The summed E-state index contributed by atoms with van der Waals surface area (Å²) >= 11 is 1.47. The minimum Gasteiger partial charge on any atom is -0.352 e. The number of amidine groups is 1. The van der Waals surface area contributed by atoms with Gasteiger partial charge in [-0.05, 0) is 36.6 Å². The number of nitrogens with one attached hydrogen (secondary N) is 2. The van der Waals surface area contributed by atoms with Gasteiger partial charge in [0.05, 0.1) is 17.5 Å². The Morgan fingerprint density at radius 3 is 2.72 bits per heavy atom. The molecule has 2 aromatic carbocycles. The molecule has 2 aliphatic rings. The van der Waals surface area contributed by atoms with Crippen molar-refractivity contribution in [1.29, 1.82) is 0 Å². The summed E-state index contributed by atoms with van der Waals surface area (Å²) < 4.78 is 23.4. The molecule has 2 atom stereocenters. The van der Waals surface area contributed by atoms with E-state index in [9.17, 15) is 13.2 Å². The fourth-order valence-electron chi connectivity index (χ4n) is 3.50. The van der Waals surface area contributed by atoms with Crippen molar-refractivity contribution in [3.63, 3.8) is 0 Å². The number of benzene rings is 2. The monoisotopic (exact) mass is 429 g/mol. The average molecular weight is 430 g/mol. The fraction of sp³-hybridized carbons (Fsp3) is 0.333. The molecule has 2 heterocycles. The first-order valence-electron chi connectivity index (χ1n) is 9.54. The van der Waals surface area contributed by atoms with Crippen LogP contribution in [0.15, 0.2) is 53.5 Å². The Bertz CT molecular complexity index is 1050. The Labute approximate surface area is 175 Å². The van der Waals surface area contributed by atoms with Crippen molar-refractivity contribution >= 4 is 38.4 Å². The standard InChI is InChI=1S/C21H23N3O3S2/c1-14-7-8-16(20(25)22-10-9-15-5-3-2-4-6-15)11-17(14)23-21-24-18-12-29(26,27)13-19(18)28-21/h2-8,11,18-19H,9-10,12-13H2,1H3,(H,22,25)(H,23,24)/t18-,19-/m0/s1. The van der Waals surface area contributed by atoms with E-state index in [4.69, 9.17) is 0 Å². The smallest absolute Gasteiger partial charge is 0.251 e. The van der Waals surface area contributed by atoms with E-state index < -0.39 is 9.84 Å². The summed E-state index contributed by atoms with van der Waals surface area (Å²) in [6.07, 6.45) is 0.780. The van der Waals surface area contributed by atoms with E-state index in [1.165, 1.54) is 17.3 Å². The number of fused-ring (bicyclic) bond motifs is 1. The Morgan fingerprint density at radius 1 is 1.17 bits per heavy atom. The van der Waals surface area contributed by atoms with E-state index in [1.54, 1.807) is 0 Å². The molecule has 2 N–H and O–H groups in total. The van der Waals surface area contributed by atoms with E-state index >= 15 is 0 Å². The van der Waals surface area contributed by atoms with Crippen molar-refractivity contribution in [3.05, 3.63) is 65.2 Å². The van der Waals surface area contributed by atoms with Crippen LogP contribution in [0.2, 0.25) is 0 Å². The number of thioether (sulfide) groups is 1. The minimum atomic E-state index is -2.97. The number of carbonyl (C=O) groups excluding carboxylic acids is 1. The van der Waals surface area contributed by atoms with Gasteiger partial charge in [0.15, 0.2) is 15.0 Å². The van der Waals surface area contributed by atoms with Crippen molar-refractivity contribution in [2.45, 2.75) is 24.6 Å². The Balaban J connectivity index is 1.38. The maximum Gasteiger partial charge on any atom is 0.251 e. The number of nitrogens with zero attached hydrogens (tertiary/aromatic N) is 1. The van der Waals surface area contributed by atoms with Crippen LogP contribution in [0.3, 0.4) is 0 Å². The van der Waals surface area contributed by atoms with Crippen LogP contribution in [0.5, 0.6) is 0 Å². The molecule has 152 valence electrons. The molecule has 0 aromatic heterocycles. The third kappa shape index (κ3) is 4.82. The van der Waals surface area contributed by atoms with Crippen LogP contribution < -0.4 is 10.6 Å². The van der Waals surface area contributed by atoms with Gasteiger partial charge in [-0.3, -0.25) is 9.79 Å². The van der Waals surface area contributed by atoms with Gasteiger partial charge in [0.25, 0.3) is 5.91 Å². The van der Waals surface area contributed by atoms with Crippen molar-refractivity contribution in [2.24, 2.45) is 4.99 Å². The van der Waals surface area contributed by atoms with Gasteiger partial charge in [-0.1, -0.05) is 48.2 Å². The maximum absolute atomic E-state index is 12.5. The predicted octanol–water partition coefficient (Wildman–Crippen LogP) is 2.65. The first kappa shape index (κ1) is 20.0. The molecule has 2 aromatic rings. The van der Waals surface area contributed by atoms with Crippen LogP contribution in [0.25, 0.3) is 0 Å². The SMILES string of the molecule is Cc1ccc(C(=O)NCCc2ccccc2)cc1NC1=N[C@H]2CS(=O)(=O)C[C@@H]2S1. The average Bonchev–Trinajstić information content (AvgIpc) is 3.16. The van der Waals surface area contributed by atoms with Gasteiger partial charge < -0.3 is 10.6 Å². The highest BCUT2D eigenvalue weighted by Crippen LogP contribution is 2.35. The maximum atomic E-state index is 12.5. The van der Waals surface area contributed by atoms with Crippen LogP contribution in [0.1, 0.15) is 21.5 Å². The number of aliphatic imine (C=N–C) groups is 1. The minimum absolute atomic E-state index is 0.00715. The normalized spacial score (nSPS) is 22.0. The third-order valence-corrected chi connectivity index (χ3v) is 8.24. The summed E-state index contributed by atoms with van der Waals surface area (Å²) in [5.41, 5.74) is 3.58. The molecule has 29 heavy (non-hydrogen) atoms. The van der Waals surface area contributed by atoms with Crippen molar-refractivity contribution in [2.75, 3.05) is 23.4 Å². The number of hydrogen-bond acceptors (Lipinski definition) is 6. The van der Waals surface area contributed by atoms with Crippen molar-refractivity contribution in [3.8, 4) is 0 Å². The molecule has 0 unspecified atom stereocenters. The molecule has 4 rings (SSSR count). The summed E-state index contributed by atoms with van der Waals surface area (Å²) in [5, 5.41) is 6.96. The summed E-state index contributed by atoms with van der Waals surface area (Å²) in [6, 6.07) is 15.4. The molecule has 0 radical (unpaired) electrons. The number of rotatable bonds is 5. The van der Waals surface area contributed by atoms with Gasteiger partial charge in [0.2, 0.25) is 0 Å². The van der Waals surface area contributed by atoms with E-state index in [1.807, 2.05) is 55.5 Å². The summed E-state index contributed by atoms with van der Waals surface area (Å²) in [4.78, 5) is 17.1. The second kappa shape index (κ2) is 8.20. The van der Waals surface area contributed by atoms with Crippen LogP contribution in [-0.4, -0.2) is 48.8 Å². The zero-order valence-electron chi connectivity index (χ0n) is 16.1. The molecular formula is C21H23N3O3S2. The lowest BCUT2D eigenvalue weighted by molar-refractivity contribution is 0.0954. The lowest BCUT2D eigenvalue weighted by atomic mass is 10.1. The van der Waals surface area contributed by atoms with E-state index in [-0.39, 0.29) is 28.7 Å². The lowest BCUT2D eigenvalue weighted by Gasteiger charge is -2.12. The molecule has 0 aliphatic carbocycles. The number of hydrogen-bond donors (Lipinski definition) is 2. The van der Waals surface area contributed by atoms with Gasteiger partial charge in [-0.25, -0.2) is 8.42 Å². The van der Waals surface area contributed by atoms with Gasteiger partial charge in [-0.2, -0.15) is 0 Å². The van der Waals surface area contributed by atoms with E-state index in [2.05, 4.69) is 15.6 Å². The second-order valence-electron chi connectivity index (χ2n) is 7.38. The summed E-state index contributed by atoms with van der Waals surface area (Å²) in [6.45, 7) is 2.53. The Kier molecular flexibility index (Phi) is 5.65. The number of anilines is 1. The van der Waals surface area contributed by atoms with Crippen LogP contribution >= 0.6 is 11.8 Å². The zero-order valence-corrected chi connectivity index (χ0v) is 17.7. The topological polar surface area (TPSA) is 87.6 Å². The van der Waals surface area contributed by atoms with E-state index in [0.717, 1.165) is 22.8 Å². The Hall–Kier alpha value is -2.32. The van der Waals surface area contributed by atoms with Gasteiger partial charge in [-0.15, -0.1) is 0 Å². The van der Waals surface area contributed by atoms with Gasteiger partial charge in [0, 0.05) is 23.0 Å². The molecule has 0 saturated carbocycles. The quantitative estimate of drug-likeness (QED) is 0.763. The third-order valence-electron chi connectivity index (χ3n) is 5.10. The van der Waals surface area contributed by atoms with Crippen LogP contribution in [-0.2, 0) is 16.3 Å². The predicted molar refractivity (Wildman–Crippen MR) is 119 cm³/mol. The second-order valence-corrected chi connectivity index (χ2v) is 10.8. The number of aryl methyl sites for hydroxylation is 1. The number of amides is 1. The van der Waals surface area contributed by atoms with Gasteiger partial charge >= 0.3 is 0 Å². The van der Waals surface area contributed by atoms with Crippen molar-refractivity contribution < 1.29 is 13.2 Å². The van der Waals surface area contributed by atoms with E-state index in [0.29, 0.717) is 12.1 Å². The molecule has 1 amide bonds. The number of sulfone groups is 1. The first-order valence-corrected chi connectivity index (χ1v) is 12.2. The van der Waals surface area contributed by atoms with Gasteiger partial charge in [0.1, 0.15) is 0 Å². The number of carbonyl (C=O) groups is 1.